The number of aliphatic hydroxyl groups is 1. The van der Waals surface area contributed by atoms with Crippen LogP contribution in [0.4, 0.5) is 8.78 Å². The van der Waals surface area contributed by atoms with Crippen molar-refractivity contribution in [2.75, 3.05) is 13.2 Å². The van der Waals surface area contributed by atoms with Gasteiger partial charge in [-0.05, 0) is 43.6 Å². The first-order valence-electron chi connectivity index (χ1n) is 8.78. The van der Waals surface area contributed by atoms with Crippen LogP contribution in [0, 0.1) is 17.0 Å². The minimum Gasteiger partial charge on any atom is -0.396 e. The molecule has 0 unspecified atom stereocenters. The fourth-order valence-electron chi connectivity index (χ4n) is 3.64. The largest absolute Gasteiger partial charge is 0.396 e. The van der Waals surface area contributed by atoms with Crippen LogP contribution in [0.1, 0.15) is 57.9 Å². The predicted octanol–water partition coefficient (Wildman–Crippen LogP) is 3.69. The van der Waals surface area contributed by atoms with E-state index < -0.39 is 17.0 Å². The Morgan fingerprint density at radius 2 is 1.96 bits per heavy atom. The van der Waals surface area contributed by atoms with Crippen LogP contribution in [0.15, 0.2) is 18.2 Å². The van der Waals surface area contributed by atoms with Gasteiger partial charge in [0.1, 0.15) is 11.6 Å². The first-order chi connectivity index (χ1) is 11.4. The van der Waals surface area contributed by atoms with Gasteiger partial charge in [0.2, 0.25) is 5.91 Å². The van der Waals surface area contributed by atoms with Crippen LogP contribution >= 0.6 is 0 Å². The lowest BCUT2D eigenvalue weighted by Gasteiger charge is -2.42. The number of carbonyl (C=O) groups is 1. The number of aliphatic hydroxyl groups excluding tert-OH is 1. The summed E-state index contributed by atoms with van der Waals surface area (Å²) in [6, 6.07) is 3.45. The summed E-state index contributed by atoms with van der Waals surface area (Å²) in [4.78, 5) is 12.8. The normalized spacial score (nSPS) is 16.5. The Hall–Kier alpha value is -1.49. The van der Waals surface area contributed by atoms with Crippen molar-refractivity contribution >= 4 is 5.91 Å². The van der Waals surface area contributed by atoms with Crippen LogP contribution in [0.3, 0.4) is 0 Å². The molecule has 0 aliphatic heterocycles. The molecular formula is C19H27F2NO2. The third-order valence-corrected chi connectivity index (χ3v) is 5.85. The topological polar surface area (TPSA) is 49.3 Å². The molecule has 0 aromatic heterocycles. The Labute approximate surface area is 142 Å². The van der Waals surface area contributed by atoms with E-state index in [1.165, 1.54) is 12.1 Å². The molecule has 1 fully saturated rings. The molecule has 2 N–H and O–H groups in total. The van der Waals surface area contributed by atoms with E-state index in [0.29, 0.717) is 25.8 Å². The number of halogens is 2. The van der Waals surface area contributed by atoms with Gasteiger partial charge in [-0.25, -0.2) is 8.78 Å². The van der Waals surface area contributed by atoms with Crippen molar-refractivity contribution in [2.45, 2.75) is 57.8 Å². The molecule has 2 rings (SSSR count). The fraction of sp³-hybridized carbons (Fsp3) is 0.632. The summed E-state index contributed by atoms with van der Waals surface area (Å²) in [6.45, 7) is 4.63. The lowest BCUT2D eigenvalue weighted by atomic mass is 9.63. The molecule has 24 heavy (non-hydrogen) atoms. The summed E-state index contributed by atoms with van der Waals surface area (Å²) in [5, 5.41) is 12.3. The number of rotatable bonds is 8. The van der Waals surface area contributed by atoms with E-state index in [-0.39, 0.29) is 23.5 Å². The third kappa shape index (κ3) is 3.46. The quantitative estimate of drug-likeness (QED) is 0.759. The maximum atomic E-state index is 14.2. The third-order valence-electron chi connectivity index (χ3n) is 5.85. The molecule has 3 nitrogen and oxygen atoms in total. The van der Waals surface area contributed by atoms with Crippen molar-refractivity contribution in [3.63, 3.8) is 0 Å². The van der Waals surface area contributed by atoms with Crippen LogP contribution in [-0.4, -0.2) is 24.2 Å². The van der Waals surface area contributed by atoms with Crippen molar-refractivity contribution in [3.05, 3.63) is 35.4 Å². The van der Waals surface area contributed by atoms with Crippen LogP contribution < -0.4 is 5.32 Å². The molecule has 0 spiro atoms. The van der Waals surface area contributed by atoms with Crippen molar-refractivity contribution < 1.29 is 18.7 Å². The molecule has 1 aliphatic rings. The molecule has 0 heterocycles. The van der Waals surface area contributed by atoms with E-state index in [1.54, 1.807) is 0 Å². The summed E-state index contributed by atoms with van der Waals surface area (Å²) >= 11 is 0. The fourth-order valence-corrected chi connectivity index (χ4v) is 3.64. The summed E-state index contributed by atoms with van der Waals surface area (Å²) in [6.07, 6.45) is 4.33. The standard InChI is InChI=1S/C19H27F2NO2/c1-3-18(4-2,10-11-23)13-22-17(24)19(8-5-9-19)15-7-6-14(20)12-16(15)21/h6-7,12,23H,3-5,8-11,13H2,1-2H3,(H,22,24). The maximum Gasteiger partial charge on any atom is 0.230 e. The van der Waals surface area contributed by atoms with Gasteiger partial charge in [0.15, 0.2) is 0 Å². The van der Waals surface area contributed by atoms with Crippen LogP contribution in [-0.2, 0) is 10.2 Å². The minimum atomic E-state index is -0.885. The second-order valence-electron chi connectivity index (χ2n) is 6.92. The molecule has 0 bridgehead atoms. The average Bonchev–Trinajstić information content (AvgIpc) is 2.52. The first-order valence-corrected chi connectivity index (χ1v) is 8.78. The SMILES string of the molecule is CCC(CC)(CCO)CNC(=O)C1(c2ccc(F)cc2F)CCC1. The molecule has 1 saturated carbocycles. The summed E-state index contributed by atoms with van der Waals surface area (Å²) in [5.41, 5.74) is -0.741. The van der Waals surface area contributed by atoms with Crippen molar-refractivity contribution in [2.24, 2.45) is 5.41 Å². The van der Waals surface area contributed by atoms with Crippen molar-refractivity contribution in [1.82, 2.24) is 5.32 Å². The van der Waals surface area contributed by atoms with Crippen LogP contribution in [0.5, 0.6) is 0 Å². The van der Waals surface area contributed by atoms with E-state index in [1.807, 2.05) is 13.8 Å². The Morgan fingerprint density at radius 3 is 2.42 bits per heavy atom. The monoisotopic (exact) mass is 339 g/mol. The first kappa shape index (κ1) is 18.8. The Kier molecular flexibility index (Phi) is 5.97. The number of amides is 1. The van der Waals surface area contributed by atoms with Gasteiger partial charge in [-0.15, -0.1) is 0 Å². The average molecular weight is 339 g/mol. The zero-order valence-corrected chi connectivity index (χ0v) is 14.5. The number of carbonyl (C=O) groups excluding carboxylic acids is 1. The second kappa shape index (κ2) is 7.60. The van der Waals surface area contributed by atoms with Crippen molar-refractivity contribution in [1.29, 1.82) is 0 Å². The molecule has 0 atom stereocenters. The van der Waals surface area contributed by atoms with Gasteiger partial charge in [-0.2, -0.15) is 0 Å². The maximum absolute atomic E-state index is 14.2. The highest BCUT2D eigenvalue weighted by Gasteiger charge is 2.47. The molecule has 0 saturated heterocycles. The summed E-state index contributed by atoms with van der Waals surface area (Å²) < 4.78 is 27.4. The highest BCUT2D eigenvalue weighted by Crippen LogP contribution is 2.45. The molecule has 1 aromatic rings. The van der Waals surface area contributed by atoms with Gasteiger partial charge >= 0.3 is 0 Å². The van der Waals surface area contributed by atoms with Gasteiger partial charge in [-0.1, -0.05) is 26.3 Å². The smallest absolute Gasteiger partial charge is 0.230 e. The molecule has 134 valence electrons. The van der Waals surface area contributed by atoms with E-state index in [4.69, 9.17) is 0 Å². The van der Waals surface area contributed by atoms with Crippen LogP contribution in [0.25, 0.3) is 0 Å². The van der Waals surface area contributed by atoms with Gasteiger partial charge in [0.25, 0.3) is 0 Å². The Morgan fingerprint density at radius 1 is 1.29 bits per heavy atom. The molecular weight excluding hydrogens is 312 g/mol. The summed E-state index contributed by atoms with van der Waals surface area (Å²) in [5.74, 6) is -1.48. The summed E-state index contributed by atoms with van der Waals surface area (Å²) in [7, 11) is 0. The number of benzene rings is 1. The van der Waals surface area contributed by atoms with Gasteiger partial charge < -0.3 is 10.4 Å². The molecule has 1 amide bonds. The lowest BCUT2D eigenvalue weighted by molar-refractivity contribution is -0.130. The van der Waals surface area contributed by atoms with Crippen LogP contribution in [0.2, 0.25) is 0 Å². The zero-order valence-electron chi connectivity index (χ0n) is 14.5. The zero-order chi connectivity index (χ0) is 17.8. The molecule has 5 heteroatoms. The van der Waals surface area contributed by atoms with Gasteiger partial charge in [0.05, 0.1) is 5.41 Å². The van der Waals surface area contributed by atoms with Gasteiger partial charge in [-0.3, -0.25) is 4.79 Å². The predicted molar refractivity (Wildman–Crippen MR) is 89.6 cm³/mol. The van der Waals surface area contributed by atoms with Crippen molar-refractivity contribution in [3.8, 4) is 0 Å². The van der Waals surface area contributed by atoms with E-state index >= 15 is 0 Å². The second-order valence-corrected chi connectivity index (χ2v) is 6.92. The highest BCUT2D eigenvalue weighted by atomic mass is 19.1. The molecule has 0 radical (unpaired) electrons. The number of nitrogens with one attached hydrogen (secondary N) is 1. The van der Waals surface area contributed by atoms with E-state index in [9.17, 15) is 18.7 Å². The Bertz CT molecular complexity index is 581. The highest BCUT2D eigenvalue weighted by molar-refractivity contribution is 5.89. The Balaban J connectivity index is 2.17. The number of hydrogen-bond acceptors (Lipinski definition) is 2. The lowest BCUT2D eigenvalue weighted by Crippen LogP contribution is -2.52. The molecule has 1 aromatic carbocycles. The van der Waals surface area contributed by atoms with Gasteiger partial charge in [0, 0.05) is 24.8 Å². The van der Waals surface area contributed by atoms with E-state index in [0.717, 1.165) is 25.3 Å². The number of hydrogen-bond donors (Lipinski definition) is 2. The van der Waals surface area contributed by atoms with E-state index in [2.05, 4.69) is 5.32 Å². The molecule has 1 aliphatic carbocycles. The minimum absolute atomic E-state index is 0.0787.